The molecular weight excluding hydrogens is 262 g/mol. The van der Waals surface area contributed by atoms with E-state index in [4.69, 9.17) is 5.73 Å². The molecule has 2 heterocycles. The summed E-state index contributed by atoms with van der Waals surface area (Å²) in [5.41, 5.74) is 6.65. The Hall–Kier alpha value is -1.60. The maximum absolute atomic E-state index is 11.7. The lowest BCUT2D eigenvalue weighted by molar-refractivity contribution is 0.533. The molecule has 0 aromatic carbocycles. The summed E-state index contributed by atoms with van der Waals surface area (Å²) in [4.78, 5) is 16.0. The van der Waals surface area contributed by atoms with Gasteiger partial charge in [0.2, 0.25) is 0 Å². The fourth-order valence-electron chi connectivity index (χ4n) is 1.74. The van der Waals surface area contributed by atoms with Crippen LogP contribution in [0.2, 0.25) is 0 Å². The van der Waals surface area contributed by atoms with E-state index in [-0.39, 0.29) is 17.8 Å². The number of pyridine rings is 1. The van der Waals surface area contributed by atoms with E-state index < -0.39 is 0 Å². The third-order valence-electron chi connectivity index (χ3n) is 2.67. The Kier molecular flexibility index (Phi) is 4.06. The number of aromatic amines is 1. The van der Waals surface area contributed by atoms with E-state index in [1.165, 1.54) is 11.8 Å². The van der Waals surface area contributed by atoms with Gasteiger partial charge in [-0.2, -0.15) is 0 Å². The first-order chi connectivity index (χ1) is 9.00. The highest BCUT2D eigenvalue weighted by Crippen LogP contribution is 2.29. The number of nitrogens with two attached hydrogens (primary N) is 1. The van der Waals surface area contributed by atoms with Crippen molar-refractivity contribution in [2.24, 2.45) is 5.73 Å². The van der Waals surface area contributed by atoms with E-state index in [0.29, 0.717) is 5.16 Å². The van der Waals surface area contributed by atoms with E-state index in [1.54, 1.807) is 10.8 Å². The van der Waals surface area contributed by atoms with Gasteiger partial charge < -0.3 is 5.73 Å². The summed E-state index contributed by atoms with van der Waals surface area (Å²) >= 11 is 1.35. The summed E-state index contributed by atoms with van der Waals surface area (Å²) in [6.45, 7) is 5.78. The molecule has 0 radical (unpaired) electrons. The van der Waals surface area contributed by atoms with Crippen LogP contribution in [0.1, 0.15) is 38.4 Å². The van der Waals surface area contributed by atoms with Crippen molar-refractivity contribution in [1.29, 1.82) is 0 Å². The van der Waals surface area contributed by atoms with Crippen LogP contribution in [0.4, 0.5) is 0 Å². The van der Waals surface area contributed by atoms with Gasteiger partial charge in [-0.25, -0.2) is 14.9 Å². The second-order valence-corrected chi connectivity index (χ2v) is 5.52. The van der Waals surface area contributed by atoms with Gasteiger partial charge in [0.05, 0.1) is 0 Å². The zero-order chi connectivity index (χ0) is 14.0. The Labute approximate surface area is 115 Å². The molecule has 6 nitrogen and oxygen atoms in total. The van der Waals surface area contributed by atoms with Crippen molar-refractivity contribution < 1.29 is 0 Å². The molecule has 0 amide bonds. The van der Waals surface area contributed by atoms with Crippen LogP contribution in [-0.2, 0) is 0 Å². The molecule has 7 heteroatoms. The number of hydrogen-bond donors (Lipinski definition) is 2. The number of H-pyrrole nitrogens is 1. The van der Waals surface area contributed by atoms with Crippen LogP contribution >= 0.6 is 11.8 Å². The molecule has 0 saturated carbocycles. The minimum Gasteiger partial charge on any atom is -0.324 e. The maximum Gasteiger partial charge on any atom is 0.344 e. The molecule has 3 N–H and O–H groups in total. The van der Waals surface area contributed by atoms with Gasteiger partial charge in [-0.15, -0.1) is 5.10 Å². The van der Waals surface area contributed by atoms with Crippen LogP contribution in [0.3, 0.4) is 0 Å². The second-order valence-electron chi connectivity index (χ2n) is 4.56. The van der Waals surface area contributed by atoms with Gasteiger partial charge in [0.15, 0.2) is 5.16 Å². The molecule has 19 heavy (non-hydrogen) atoms. The molecule has 102 valence electrons. The lowest BCUT2D eigenvalue weighted by Gasteiger charge is -2.12. The topological polar surface area (TPSA) is 89.6 Å². The van der Waals surface area contributed by atoms with Gasteiger partial charge in [0, 0.05) is 23.8 Å². The monoisotopic (exact) mass is 279 g/mol. The first-order valence-corrected chi connectivity index (χ1v) is 6.87. The Morgan fingerprint density at radius 2 is 2.16 bits per heavy atom. The molecule has 0 aliphatic carbocycles. The molecular formula is C12H17N5OS. The summed E-state index contributed by atoms with van der Waals surface area (Å²) in [6.07, 6.45) is 1.71. The molecule has 0 aliphatic heterocycles. The number of nitrogens with zero attached hydrogens (tertiary/aromatic N) is 3. The maximum atomic E-state index is 11.7. The van der Waals surface area contributed by atoms with Crippen molar-refractivity contribution in [1.82, 2.24) is 19.7 Å². The molecule has 0 spiro atoms. The Morgan fingerprint density at radius 3 is 2.79 bits per heavy atom. The van der Waals surface area contributed by atoms with Crippen LogP contribution < -0.4 is 11.4 Å². The first-order valence-electron chi connectivity index (χ1n) is 6.06. The van der Waals surface area contributed by atoms with Crippen molar-refractivity contribution in [3.63, 3.8) is 0 Å². The first kappa shape index (κ1) is 13.8. The van der Waals surface area contributed by atoms with E-state index >= 15 is 0 Å². The van der Waals surface area contributed by atoms with Crippen LogP contribution in [0.5, 0.6) is 0 Å². The molecule has 0 bridgehead atoms. The van der Waals surface area contributed by atoms with Gasteiger partial charge in [0.1, 0.15) is 5.03 Å². The zero-order valence-corrected chi connectivity index (χ0v) is 11.9. The van der Waals surface area contributed by atoms with Gasteiger partial charge >= 0.3 is 5.69 Å². The summed E-state index contributed by atoms with van der Waals surface area (Å²) < 4.78 is 1.60. The van der Waals surface area contributed by atoms with Crippen molar-refractivity contribution in [2.75, 3.05) is 0 Å². The van der Waals surface area contributed by atoms with Crippen molar-refractivity contribution in [2.45, 2.75) is 43.0 Å². The van der Waals surface area contributed by atoms with Crippen molar-refractivity contribution in [3.8, 4) is 0 Å². The number of aromatic nitrogens is 4. The predicted octanol–water partition coefficient (Wildman–Crippen LogP) is 1.72. The highest BCUT2D eigenvalue weighted by molar-refractivity contribution is 7.99. The van der Waals surface area contributed by atoms with E-state index in [1.807, 2.05) is 32.9 Å². The van der Waals surface area contributed by atoms with Crippen LogP contribution in [0.15, 0.2) is 33.3 Å². The molecule has 2 aromatic rings. The van der Waals surface area contributed by atoms with E-state index in [0.717, 1.165) is 10.6 Å². The smallest absolute Gasteiger partial charge is 0.324 e. The highest BCUT2D eigenvalue weighted by Gasteiger charge is 2.16. The Morgan fingerprint density at radius 1 is 1.42 bits per heavy atom. The lowest BCUT2D eigenvalue weighted by atomic mass is 10.2. The number of hydrogen-bond acceptors (Lipinski definition) is 5. The SMILES string of the molecule is CC(C)n1c(Sc2ncccc2[C@@H](C)N)n[nH]c1=O. The summed E-state index contributed by atoms with van der Waals surface area (Å²) in [6, 6.07) is 3.71. The quantitative estimate of drug-likeness (QED) is 0.889. The normalized spacial score (nSPS) is 12.9. The molecule has 0 unspecified atom stereocenters. The average molecular weight is 279 g/mol. The predicted molar refractivity (Wildman–Crippen MR) is 74.2 cm³/mol. The fourth-order valence-corrected chi connectivity index (χ4v) is 2.88. The molecule has 2 aromatic heterocycles. The van der Waals surface area contributed by atoms with E-state index in [2.05, 4.69) is 15.2 Å². The average Bonchev–Trinajstić information content (AvgIpc) is 2.71. The summed E-state index contributed by atoms with van der Waals surface area (Å²) in [7, 11) is 0. The summed E-state index contributed by atoms with van der Waals surface area (Å²) in [5, 5.41) is 7.88. The fraction of sp³-hybridized carbons (Fsp3) is 0.417. The third kappa shape index (κ3) is 2.87. The van der Waals surface area contributed by atoms with Gasteiger partial charge in [-0.05, 0) is 38.6 Å². The minimum absolute atomic E-state index is 0.0382. The minimum atomic E-state index is -0.212. The van der Waals surface area contributed by atoms with Crippen molar-refractivity contribution in [3.05, 3.63) is 34.4 Å². The van der Waals surface area contributed by atoms with Gasteiger partial charge in [0.25, 0.3) is 0 Å². The summed E-state index contributed by atoms with van der Waals surface area (Å²) in [5.74, 6) is 0. The standard InChI is InChI=1S/C12H17N5OS/c1-7(2)17-11(18)15-16-12(17)19-10-9(8(3)13)5-4-6-14-10/h4-8H,13H2,1-3H3,(H,15,18)/t8-/m1/s1. The lowest BCUT2D eigenvalue weighted by Crippen LogP contribution is -2.19. The number of rotatable bonds is 4. The van der Waals surface area contributed by atoms with Crippen molar-refractivity contribution >= 4 is 11.8 Å². The molecule has 0 aliphatic rings. The Bertz CT molecular complexity index is 617. The molecule has 1 atom stereocenters. The van der Waals surface area contributed by atoms with Crippen LogP contribution in [-0.4, -0.2) is 19.7 Å². The Balaban J connectivity index is 2.40. The molecule has 2 rings (SSSR count). The molecule has 0 saturated heterocycles. The van der Waals surface area contributed by atoms with Crippen LogP contribution in [0.25, 0.3) is 0 Å². The largest absolute Gasteiger partial charge is 0.344 e. The second kappa shape index (κ2) is 5.58. The third-order valence-corrected chi connectivity index (χ3v) is 3.67. The van der Waals surface area contributed by atoms with Gasteiger partial charge in [-0.3, -0.25) is 4.57 Å². The molecule has 0 fully saturated rings. The highest BCUT2D eigenvalue weighted by atomic mass is 32.2. The van der Waals surface area contributed by atoms with E-state index in [9.17, 15) is 4.79 Å². The number of nitrogens with one attached hydrogen (secondary N) is 1. The van der Waals surface area contributed by atoms with Gasteiger partial charge in [-0.1, -0.05) is 6.07 Å². The van der Waals surface area contributed by atoms with Crippen LogP contribution in [0, 0.1) is 0 Å². The zero-order valence-electron chi connectivity index (χ0n) is 11.1.